The van der Waals surface area contributed by atoms with Crippen molar-refractivity contribution in [1.29, 1.82) is 0 Å². The quantitative estimate of drug-likeness (QED) is 0.186. The van der Waals surface area contributed by atoms with Gasteiger partial charge in [0.2, 0.25) is 5.88 Å². The molecule has 0 saturated heterocycles. The SMILES string of the molecule is CN1C=CN(c2cc(N(c3ccccc3)c3cc(OC4=CCC5CC5=N4)cc4c3oc3ccccc34)c3oc4ccccc4c3c2)C1. The second kappa shape index (κ2) is 10.0. The molecule has 2 aliphatic heterocycles. The average molecular weight is 615 g/mol. The number of hydrogen-bond donors (Lipinski definition) is 0. The lowest BCUT2D eigenvalue weighted by Crippen LogP contribution is -2.22. The zero-order chi connectivity index (χ0) is 31.1. The molecule has 7 nitrogen and oxygen atoms in total. The Hall–Kier alpha value is -5.95. The van der Waals surface area contributed by atoms with Gasteiger partial charge in [-0.2, -0.15) is 0 Å². The molecule has 3 aliphatic rings. The van der Waals surface area contributed by atoms with E-state index in [4.69, 9.17) is 18.6 Å². The van der Waals surface area contributed by atoms with Crippen molar-refractivity contribution in [3.05, 3.63) is 127 Å². The number of fused-ring (bicyclic) bond motifs is 7. The smallest absolute Gasteiger partial charge is 0.215 e. The van der Waals surface area contributed by atoms with Gasteiger partial charge in [-0.1, -0.05) is 54.6 Å². The normalized spacial score (nSPS) is 17.1. The van der Waals surface area contributed by atoms with Crippen LogP contribution in [0.4, 0.5) is 22.7 Å². The number of rotatable bonds is 6. The first-order valence-electron chi connectivity index (χ1n) is 16.0. The van der Waals surface area contributed by atoms with Gasteiger partial charge in [0.1, 0.15) is 16.9 Å². The van der Waals surface area contributed by atoms with Gasteiger partial charge in [0.15, 0.2) is 11.2 Å². The molecular formula is C40H30N4O3. The van der Waals surface area contributed by atoms with E-state index in [0.717, 1.165) is 86.1 Å². The summed E-state index contributed by atoms with van der Waals surface area (Å²) in [5.74, 6) is 1.95. The molecule has 47 heavy (non-hydrogen) atoms. The van der Waals surface area contributed by atoms with Crippen LogP contribution in [0.1, 0.15) is 12.8 Å². The van der Waals surface area contributed by atoms with Crippen LogP contribution in [-0.2, 0) is 0 Å². The van der Waals surface area contributed by atoms with Gasteiger partial charge in [0.25, 0.3) is 0 Å². The molecule has 2 aromatic heterocycles. The fourth-order valence-corrected chi connectivity index (χ4v) is 6.98. The Morgan fingerprint density at radius 2 is 1.43 bits per heavy atom. The number of allylic oxidation sites excluding steroid dienone is 1. The van der Waals surface area contributed by atoms with Crippen LogP contribution in [0, 0.1) is 5.92 Å². The summed E-state index contributed by atoms with van der Waals surface area (Å²) < 4.78 is 20.0. The summed E-state index contributed by atoms with van der Waals surface area (Å²) in [5.41, 5.74) is 8.25. The molecule has 0 radical (unpaired) electrons. The minimum Gasteiger partial charge on any atom is -0.454 e. The third-order valence-electron chi connectivity index (χ3n) is 9.40. The van der Waals surface area contributed by atoms with Gasteiger partial charge in [-0.3, -0.25) is 0 Å². The zero-order valence-electron chi connectivity index (χ0n) is 25.8. The van der Waals surface area contributed by atoms with Crippen molar-refractivity contribution < 1.29 is 13.6 Å². The standard InChI is InChI=1S/C40H30N4O3/c1-42-17-18-43(24-42)27-20-31-29-11-5-7-13-36(29)46-39(31)34(21-27)44(26-9-3-2-4-10-26)35-23-28(45-38-16-15-25-19-33(25)41-38)22-32-30-12-6-8-14-37(30)47-40(32)35/h2-14,16-18,20-23,25H,15,19,24H2,1H3. The van der Waals surface area contributed by atoms with E-state index in [9.17, 15) is 0 Å². The van der Waals surface area contributed by atoms with E-state index >= 15 is 0 Å². The summed E-state index contributed by atoms with van der Waals surface area (Å²) in [6.45, 7) is 0.752. The molecule has 1 saturated carbocycles. The first-order valence-corrected chi connectivity index (χ1v) is 16.0. The summed E-state index contributed by atoms with van der Waals surface area (Å²) in [6, 6.07) is 35.4. The summed E-state index contributed by atoms with van der Waals surface area (Å²) >= 11 is 0. The molecule has 0 spiro atoms. The predicted octanol–water partition coefficient (Wildman–Crippen LogP) is 10.2. The summed E-state index contributed by atoms with van der Waals surface area (Å²) in [4.78, 5) is 11.4. The van der Waals surface area contributed by atoms with Crippen molar-refractivity contribution in [3.8, 4) is 5.75 Å². The van der Waals surface area contributed by atoms with E-state index in [1.54, 1.807) is 0 Å². The van der Waals surface area contributed by atoms with Crippen LogP contribution in [0.15, 0.2) is 141 Å². The molecule has 1 atom stereocenters. The van der Waals surface area contributed by atoms with Crippen molar-refractivity contribution >= 4 is 72.3 Å². The van der Waals surface area contributed by atoms with E-state index < -0.39 is 0 Å². The predicted molar refractivity (Wildman–Crippen MR) is 189 cm³/mol. The molecule has 7 heteroatoms. The topological polar surface area (TPSA) is 57.6 Å². The molecule has 0 N–H and O–H groups in total. The molecular weight excluding hydrogens is 584 g/mol. The number of benzene rings is 5. The highest BCUT2D eigenvalue weighted by atomic mass is 16.5. The lowest BCUT2D eigenvalue weighted by molar-refractivity contribution is 0.416. The molecule has 1 fully saturated rings. The van der Waals surface area contributed by atoms with Crippen molar-refractivity contribution in [2.45, 2.75) is 12.8 Å². The molecule has 7 aromatic rings. The zero-order valence-corrected chi connectivity index (χ0v) is 25.8. The van der Waals surface area contributed by atoms with Gasteiger partial charge in [0.05, 0.1) is 18.0 Å². The van der Waals surface area contributed by atoms with Crippen molar-refractivity contribution in [3.63, 3.8) is 0 Å². The number of ether oxygens (including phenoxy) is 1. The fraction of sp³-hybridized carbons (Fsp3) is 0.125. The van der Waals surface area contributed by atoms with Gasteiger partial charge in [-0.15, -0.1) is 0 Å². The summed E-state index contributed by atoms with van der Waals surface area (Å²) in [5, 5.41) is 4.13. The molecule has 1 unspecified atom stereocenters. The Kier molecular flexibility index (Phi) is 5.61. The van der Waals surface area contributed by atoms with E-state index in [0.29, 0.717) is 17.6 Å². The van der Waals surface area contributed by atoms with Crippen molar-refractivity contribution in [1.82, 2.24) is 4.90 Å². The van der Waals surface area contributed by atoms with Gasteiger partial charge < -0.3 is 28.3 Å². The highest BCUT2D eigenvalue weighted by molar-refractivity contribution is 6.15. The average Bonchev–Trinajstić information content (AvgIpc) is 3.37. The number of nitrogens with zero attached hydrogens (tertiary/aromatic N) is 4. The number of hydrogen-bond acceptors (Lipinski definition) is 7. The van der Waals surface area contributed by atoms with Gasteiger partial charge in [0, 0.05) is 70.1 Å². The first kappa shape index (κ1) is 26.3. The Bertz CT molecular complexity index is 2470. The maximum Gasteiger partial charge on any atom is 0.215 e. The molecule has 5 aromatic carbocycles. The molecule has 0 amide bonds. The number of furan rings is 2. The van der Waals surface area contributed by atoms with Gasteiger partial charge in [-0.25, -0.2) is 4.99 Å². The molecule has 1 aliphatic carbocycles. The Labute approximate surface area is 270 Å². The largest absolute Gasteiger partial charge is 0.454 e. The minimum absolute atomic E-state index is 0.593. The molecule has 10 rings (SSSR count). The second-order valence-corrected chi connectivity index (χ2v) is 12.6. The lowest BCUT2D eigenvalue weighted by Gasteiger charge is -2.28. The van der Waals surface area contributed by atoms with Crippen molar-refractivity contribution in [2.24, 2.45) is 10.9 Å². The monoisotopic (exact) mass is 614 g/mol. The summed E-state index contributed by atoms with van der Waals surface area (Å²) in [7, 11) is 2.08. The van der Waals surface area contributed by atoms with E-state index in [-0.39, 0.29) is 0 Å². The Balaban J connectivity index is 1.27. The van der Waals surface area contributed by atoms with Crippen LogP contribution in [-0.4, -0.2) is 24.3 Å². The van der Waals surface area contributed by atoms with Crippen LogP contribution >= 0.6 is 0 Å². The summed E-state index contributed by atoms with van der Waals surface area (Å²) in [6.07, 6.45) is 8.36. The van der Waals surface area contributed by atoms with Gasteiger partial charge >= 0.3 is 0 Å². The Morgan fingerprint density at radius 1 is 0.745 bits per heavy atom. The number of aliphatic imine (C=N–C) groups is 1. The van der Waals surface area contributed by atoms with Crippen molar-refractivity contribution in [2.75, 3.05) is 23.5 Å². The lowest BCUT2D eigenvalue weighted by atomic mass is 10.1. The number of para-hydroxylation sites is 3. The Morgan fingerprint density at radius 3 is 2.13 bits per heavy atom. The minimum atomic E-state index is 0.593. The molecule has 0 bridgehead atoms. The van der Waals surface area contributed by atoms with Gasteiger partial charge in [-0.05, 0) is 61.4 Å². The van der Waals surface area contributed by atoms with E-state index in [1.165, 1.54) is 5.71 Å². The second-order valence-electron chi connectivity index (χ2n) is 12.6. The number of anilines is 4. The van der Waals surface area contributed by atoms with Crippen LogP contribution in [0.3, 0.4) is 0 Å². The molecule has 228 valence electrons. The first-order chi connectivity index (χ1) is 23.2. The maximum absolute atomic E-state index is 6.71. The highest BCUT2D eigenvalue weighted by Crippen LogP contribution is 2.49. The van der Waals surface area contributed by atoms with Crippen LogP contribution in [0.25, 0.3) is 43.9 Å². The van der Waals surface area contributed by atoms with E-state index in [1.807, 2.05) is 36.4 Å². The highest BCUT2D eigenvalue weighted by Gasteiger charge is 2.34. The molecule has 4 heterocycles. The van der Waals surface area contributed by atoms with E-state index in [2.05, 4.69) is 107 Å². The van der Waals surface area contributed by atoms with Crippen LogP contribution in [0.5, 0.6) is 5.75 Å². The van der Waals surface area contributed by atoms with Crippen LogP contribution < -0.4 is 14.5 Å². The fourth-order valence-electron chi connectivity index (χ4n) is 6.98. The maximum atomic E-state index is 6.71. The third kappa shape index (κ3) is 4.31. The third-order valence-corrected chi connectivity index (χ3v) is 9.40. The van der Waals surface area contributed by atoms with Crippen LogP contribution in [0.2, 0.25) is 0 Å².